The first kappa shape index (κ1) is 15.8. The molecule has 2 rings (SSSR count). The van der Waals surface area contributed by atoms with E-state index in [2.05, 4.69) is 10.9 Å². The number of methoxy groups -OCH3 is 1. The minimum atomic E-state index is -0.764. The first-order valence-electron chi connectivity index (χ1n) is 6.21. The number of amides is 2. The second-order valence-corrected chi connectivity index (χ2v) is 4.67. The van der Waals surface area contributed by atoms with Crippen LogP contribution < -0.4 is 15.6 Å². The van der Waals surface area contributed by atoms with E-state index in [1.807, 2.05) is 0 Å². The van der Waals surface area contributed by atoms with Crippen molar-refractivity contribution in [3.8, 4) is 5.75 Å². The van der Waals surface area contributed by atoms with Gasteiger partial charge in [-0.3, -0.25) is 20.4 Å². The maximum absolute atomic E-state index is 13.4. The van der Waals surface area contributed by atoms with Gasteiger partial charge in [0.2, 0.25) is 0 Å². The molecule has 2 N–H and O–H groups in total. The van der Waals surface area contributed by atoms with Crippen LogP contribution in [0.25, 0.3) is 0 Å². The van der Waals surface area contributed by atoms with Gasteiger partial charge in [0, 0.05) is 5.02 Å². The second kappa shape index (κ2) is 6.91. The number of benzene rings is 2. The van der Waals surface area contributed by atoms with Crippen LogP contribution in [0.3, 0.4) is 0 Å². The van der Waals surface area contributed by atoms with E-state index in [9.17, 15) is 14.0 Å². The van der Waals surface area contributed by atoms with E-state index < -0.39 is 17.6 Å². The average molecular weight is 323 g/mol. The fourth-order valence-corrected chi connectivity index (χ4v) is 1.91. The highest BCUT2D eigenvalue weighted by atomic mass is 35.5. The van der Waals surface area contributed by atoms with Gasteiger partial charge >= 0.3 is 0 Å². The number of hydrogen-bond donors (Lipinski definition) is 2. The summed E-state index contributed by atoms with van der Waals surface area (Å²) in [5.41, 5.74) is 4.33. The molecule has 0 aromatic heterocycles. The highest BCUT2D eigenvalue weighted by Crippen LogP contribution is 2.22. The second-order valence-electron chi connectivity index (χ2n) is 4.23. The Kier molecular flexibility index (Phi) is 4.95. The minimum Gasteiger partial charge on any atom is -0.496 e. The maximum Gasteiger partial charge on any atom is 0.273 e. The molecule has 0 aliphatic carbocycles. The molecule has 0 saturated carbocycles. The van der Waals surface area contributed by atoms with Crippen molar-refractivity contribution in [3.05, 3.63) is 64.4 Å². The summed E-state index contributed by atoms with van der Waals surface area (Å²) >= 11 is 5.80. The molecule has 0 heterocycles. The first-order valence-corrected chi connectivity index (χ1v) is 6.59. The standard InChI is InChI=1S/C15H12ClFN2O3/c1-22-13-8-9(16)6-7-11(13)15(21)19-18-14(20)10-4-2-3-5-12(10)17/h2-8H,1H3,(H,18,20)(H,19,21). The Morgan fingerprint density at radius 1 is 1.05 bits per heavy atom. The third-order valence-corrected chi connectivity index (χ3v) is 3.05. The van der Waals surface area contributed by atoms with E-state index >= 15 is 0 Å². The molecule has 0 unspecified atom stereocenters. The molecule has 0 aliphatic heterocycles. The number of hydrazine groups is 1. The zero-order valence-corrected chi connectivity index (χ0v) is 12.3. The summed E-state index contributed by atoms with van der Waals surface area (Å²) in [4.78, 5) is 23.8. The predicted molar refractivity (Wildman–Crippen MR) is 79.3 cm³/mol. The molecule has 5 nitrogen and oxygen atoms in total. The van der Waals surface area contributed by atoms with Crippen molar-refractivity contribution in [2.75, 3.05) is 7.11 Å². The van der Waals surface area contributed by atoms with Gasteiger partial charge in [0.25, 0.3) is 11.8 Å². The van der Waals surface area contributed by atoms with Crippen molar-refractivity contribution in [2.24, 2.45) is 0 Å². The van der Waals surface area contributed by atoms with E-state index in [1.54, 1.807) is 0 Å². The zero-order valence-electron chi connectivity index (χ0n) is 11.5. The number of hydrogen-bond acceptors (Lipinski definition) is 3. The third-order valence-electron chi connectivity index (χ3n) is 2.82. The molecule has 0 spiro atoms. The molecule has 0 radical (unpaired) electrons. The van der Waals surface area contributed by atoms with Gasteiger partial charge < -0.3 is 4.74 Å². The molecule has 2 amide bonds. The Balaban J connectivity index is 2.07. The molecule has 2 aromatic carbocycles. The van der Waals surface area contributed by atoms with Crippen molar-refractivity contribution in [2.45, 2.75) is 0 Å². The fourth-order valence-electron chi connectivity index (χ4n) is 1.75. The van der Waals surface area contributed by atoms with Gasteiger partial charge in [-0.05, 0) is 30.3 Å². The minimum absolute atomic E-state index is 0.175. The molecule has 7 heteroatoms. The summed E-state index contributed by atoms with van der Waals surface area (Å²) in [6.07, 6.45) is 0. The lowest BCUT2D eigenvalue weighted by molar-refractivity contribution is 0.0842. The highest BCUT2D eigenvalue weighted by Gasteiger charge is 2.15. The van der Waals surface area contributed by atoms with E-state index in [0.29, 0.717) is 5.02 Å². The number of carbonyl (C=O) groups is 2. The first-order chi connectivity index (χ1) is 10.5. The van der Waals surface area contributed by atoms with Gasteiger partial charge in [0.05, 0.1) is 18.2 Å². The smallest absolute Gasteiger partial charge is 0.273 e. The Bertz CT molecular complexity index is 722. The lowest BCUT2D eigenvalue weighted by Gasteiger charge is -2.11. The van der Waals surface area contributed by atoms with Crippen LogP contribution in [0, 0.1) is 5.82 Å². The largest absolute Gasteiger partial charge is 0.496 e. The van der Waals surface area contributed by atoms with Crippen molar-refractivity contribution in [1.29, 1.82) is 0 Å². The predicted octanol–water partition coefficient (Wildman–Crippen LogP) is 2.56. The van der Waals surface area contributed by atoms with Crippen molar-refractivity contribution in [3.63, 3.8) is 0 Å². The number of rotatable bonds is 3. The zero-order chi connectivity index (χ0) is 16.1. The van der Waals surface area contributed by atoms with Crippen molar-refractivity contribution >= 4 is 23.4 Å². The molecule has 0 atom stereocenters. The summed E-state index contributed by atoms with van der Waals surface area (Å²) in [6.45, 7) is 0. The Morgan fingerprint density at radius 2 is 1.68 bits per heavy atom. The van der Waals surface area contributed by atoms with E-state index in [-0.39, 0.29) is 16.9 Å². The highest BCUT2D eigenvalue weighted by molar-refractivity contribution is 6.30. The molecule has 114 valence electrons. The Labute approximate surface area is 131 Å². The SMILES string of the molecule is COc1cc(Cl)ccc1C(=O)NNC(=O)c1ccccc1F. The fraction of sp³-hybridized carbons (Fsp3) is 0.0667. The molecule has 0 bridgehead atoms. The van der Waals surface area contributed by atoms with Crippen LogP contribution in [0.2, 0.25) is 5.02 Å². The molecule has 0 saturated heterocycles. The lowest BCUT2D eigenvalue weighted by atomic mass is 10.2. The molecular formula is C15H12ClFN2O3. The van der Waals surface area contributed by atoms with Crippen LogP contribution in [0.5, 0.6) is 5.75 Å². The molecule has 2 aromatic rings. The van der Waals surface area contributed by atoms with Gasteiger partial charge in [0.1, 0.15) is 11.6 Å². The number of halogens is 2. The maximum atomic E-state index is 13.4. The van der Waals surface area contributed by atoms with Crippen LogP contribution in [0.1, 0.15) is 20.7 Å². The van der Waals surface area contributed by atoms with Gasteiger partial charge in [-0.1, -0.05) is 23.7 Å². The van der Waals surface area contributed by atoms with Gasteiger partial charge in [-0.2, -0.15) is 0 Å². The van der Waals surface area contributed by atoms with Gasteiger partial charge in [-0.25, -0.2) is 4.39 Å². The number of ether oxygens (including phenoxy) is 1. The molecule has 0 aliphatic rings. The van der Waals surface area contributed by atoms with Crippen LogP contribution in [-0.4, -0.2) is 18.9 Å². The molecule has 22 heavy (non-hydrogen) atoms. The van der Waals surface area contributed by atoms with Gasteiger partial charge in [0.15, 0.2) is 0 Å². The summed E-state index contributed by atoms with van der Waals surface area (Å²) in [5.74, 6) is -1.80. The van der Waals surface area contributed by atoms with Crippen molar-refractivity contribution in [1.82, 2.24) is 10.9 Å². The van der Waals surface area contributed by atoms with Crippen LogP contribution in [0.15, 0.2) is 42.5 Å². The lowest BCUT2D eigenvalue weighted by Crippen LogP contribution is -2.42. The van der Waals surface area contributed by atoms with E-state index in [1.165, 1.54) is 43.5 Å². The Hall–Kier alpha value is -2.60. The molecular weight excluding hydrogens is 311 g/mol. The van der Waals surface area contributed by atoms with Crippen LogP contribution in [0.4, 0.5) is 4.39 Å². The van der Waals surface area contributed by atoms with Crippen LogP contribution >= 0.6 is 11.6 Å². The van der Waals surface area contributed by atoms with E-state index in [0.717, 1.165) is 6.07 Å². The summed E-state index contributed by atoms with van der Waals surface area (Å²) in [5, 5.41) is 0.406. The normalized spacial score (nSPS) is 9.95. The Morgan fingerprint density at radius 3 is 2.32 bits per heavy atom. The average Bonchev–Trinajstić information content (AvgIpc) is 2.52. The van der Waals surface area contributed by atoms with Gasteiger partial charge in [-0.15, -0.1) is 0 Å². The number of carbonyl (C=O) groups excluding carboxylic acids is 2. The monoisotopic (exact) mass is 322 g/mol. The third kappa shape index (κ3) is 3.53. The summed E-state index contributed by atoms with van der Waals surface area (Å²) in [6, 6.07) is 9.86. The van der Waals surface area contributed by atoms with E-state index in [4.69, 9.17) is 16.3 Å². The van der Waals surface area contributed by atoms with Crippen molar-refractivity contribution < 1.29 is 18.7 Å². The summed E-state index contributed by atoms with van der Waals surface area (Å²) < 4.78 is 18.5. The topological polar surface area (TPSA) is 67.4 Å². The number of nitrogens with one attached hydrogen (secondary N) is 2. The quantitative estimate of drug-likeness (QED) is 0.853. The summed E-state index contributed by atoms with van der Waals surface area (Å²) in [7, 11) is 1.39. The molecule has 0 fully saturated rings. The van der Waals surface area contributed by atoms with Crippen LogP contribution in [-0.2, 0) is 0 Å².